The molecule has 4 nitrogen and oxygen atoms in total. The minimum Gasteiger partial charge on any atom is -0.339 e. The van der Waals surface area contributed by atoms with Crippen molar-refractivity contribution in [3.63, 3.8) is 0 Å². The highest BCUT2D eigenvalue weighted by atomic mass is 16.2. The van der Waals surface area contributed by atoms with Gasteiger partial charge >= 0.3 is 0 Å². The first-order valence-electron chi connectivity index (χ1n) is 10.1. The zero-order chi connectivity index (χ0) is 16.8. The molecule has 4 heteroatoms. The van der Waals surface area contributed by atoms with Crippen LogP contribution in [0.2, 0.25) is 0 Å². The van der Waals surface area contributed by atoms with Gasteiger partial charge in [0.05, 0.1) is 5.92 Å². The monoisotopic (exact) mass is 332 g/mol. The van der Waals surface area contributed by atoms with Crippen molar-refractivity contribution >= 4 is 11.8 Å². The van der Waals surface area contributed by atoms with Crippen LogP contribution in [0.15, 0.2) is 0 Å². The van der Waals surface area contributed by atoms with Gasteiger partial charge in [-0.1, -0.05) is 6.42 Å². The van der Waals surface area contributed by atoms with Gasteiger partial charge in [-0.05, 0) is 70.1 Å². The summed E-state index contributed by atoms with van der Waals surface area (Å²) < 4.78 is 0. The van der Waals surface area contributed by atoms with E-state index in [1.165, 1.54) is 38.5 Å². The molecule has 2 aliphatic carbocycles. The maximum Gasteiger partial charge on any atom is 0.228 e. The number of carbonyl (C=O) groups excluding carboxylic acids is 2. The molecule has 4 rings (SSSR count). The molecule has 2 heterocycles. The van der Waals surface area contributed by atoms with Crippen molar-refractivity contribution in [3.8, 4) is 0 Å². The smallest absolute Gasteiger partial charge is 0.228 e. The molecule has 4 fully saturated rings. The highest BCUT2D eigenvalue weighted by molar-refractivity contribution is 5.89. The molecule has 0 aromatic heterocycles. The van der Waals surface area contributed by atoms with Crippen molar-refractivity contribution in [1.29, 1.82) is 0 Å². The lowest BCUT2D eigenvalue weighted by Gasteiger charge is -2.32. The number of hydrogen-bond acceptors (Lipinski definition) is 2. The fourth-order valence-corrected chi connectivity index (χ4v) is 6.02. The van der Waals surface area contributed by atoms with Crippen molar-refractivity contribution in [2.24, 2.45) is 23.7 Å². The molecule has 0 spiro atoms. The van der Waals surface area contributed by atoms with Crippen LogP contribution in [0.1, 0.15) is 65.2 Å². The number of fused-ring (bicyclic) bond motifs is 2. The molecule has 2 saturated carbocycles. The van der Waals surface area contributed by atoms with Gasteiger partial charge in [-0.2, -0.15) is 0 Å². The van der Waals surface area contributed by atoms with E-state index in [-0.39, 0.29) is 23.8 Å². The van der Waals surface area contributed by atoms with Gasteiger partial charge in [0.25, 0.3) is 0 Å². The first-order valence-corrected chi connectivity index (χ1v) is 10.1. The zero-order valence-electron chi connectivity index (χ0n) is 15.2. The SMILES string of the molecule is CC(C)N1C[C@H](C(=O)N2CCC[C@H]2C[C@@H]2C[C@H]3CC[C@H]2C3)CC1=O. The molecule has 2 amide bonds. The van der Waals surface area contributed by atoms with E-state index in [1.807, 2.05) is 18.7 Å². The largest absolute Gasteiger partial charge is 0.339 e. The Morgan fingerprint density at radius 3 is 2.67 bits per heavy atom. The molecule has 2 saturated heterocycles. The number of nitrogens with zero attached hydrogens (tertiary/aromatic N) is 2. The lowest BCUT2D eigenvalue weighted by molar-refractivity contribution is -0.137. The second-order valence-electron chi connectivity index (χ2n) is 9.04. The second kappa shape index (κ2) is 6.34. The Balaban J connectivity index is 1.38. The van der Waals surface area contributed by atoms with Gasteiger partial charge in [0.1, 0.15) is 0 Å². The summed E-state index contributed by atoms with van der Waals surface area (Å²) in [6.07, 6.45) is 9.70. The van der Waals surface area contributed by atoms with E-state index in [1.54, 1.807) is 0 Å². The van der Waals surface area contributed by atoms with Crippen molar-refractivity contribution in [2.45, 2.75) is 77.3 Å². The lowest BCUT2D eigenvalue weighted by Crippen LogP contribution is -2.42. The third-order valence-electron chi connectivity index (χ3n) is 7.25. The van der Waals surface area contributed by atoms with Crippen molar-refractivity contribution < 1.29 is 9.59 Å². The summed E-state index contributed by atoms with van der Waals surface area (Å²) in [5, 5.41) is 0. The number of hydrogen-bond donors (Lipinski definition) is 0. The normalized spacial score (nSPS) is 38.8. The summed E-state index contributed by atoms with van der Waals surface area (Å²) in [6, 6.07) is 0.656. The average molecular weight is 332 g/mol. The van der Waals surface area contributed by atoms with Gasteiger partial charge in [-0.25, -0.2) is 0 Å². The Bertz CT molecular complexity index is 518. The molecule has 0 aromatic carbocycles. The van der Waals surface area contributed by atoms with E-state index in [2.05, 4.69) is 4.90 Å². The highest BCUT2D eigenvalue weighted by Crippen LogP contribution is 2.50. The van der Waals surface area contributed by atoms with E-state index >= 15 is 0 Å². The molecule has 4 aliphatic rings. The van der Waals surface area contributed by atoms with Crippen LogP contribution in [0.25, 0.3) is 0 Å². The van der Waals surface area contributed by atoms with Crippen LogP contribution in [-0.4, -0.2) is 46.8 Å². The molecule has 0 N–H and O–H groups in total. The van der Waals surface area contributed by atoms with Gasteiger partial charge in [-0.3, -0.25) is 9.59 Å². The molecular formula is C20H32N2O2. The minimum absolute atomic E-state index is 0.0967. The van der Waals surface area contributed by atoms with E-state index < -0.39 is 0 Å². The Labute approximate surface area is 145 Å². The van der Waals surface area contributed by atoms with Crippen LogP contribution in [0.5, 0.6) is 0 Å². The maximum absolute atomic E-state index is 13.1. The zero-order valence-corrected chi connectivity index (χ0v) is 15.2. The van der Waals surface area contributed by atoms with E-state index in [9.17, 15) is 9.59 Å². The summed E-state index contributed by atoms with van der Waals surface area (Å²) >= 11 is 0. The van der Waals surface area contributed by atoms with Crippen LogP contribution in [-0.2, 0) is 9.59 Å². The van der Waals surface area contributed by atoms with Crippen LogP contribution >= 0.6 is 0 Å². The molecule has 2 aliphatic heterocycles. The van der Waals surface area contributed by atoms with E-state index in [0.717, 1.165) is 30.7 Å². The molecule has 5 atom stereocenters. The average Bonchev–Trinajstić information content (AvgIpc) is 3.29. The fraction of sp³-hybridized carbons (Fsp3) is 0.900. The van der Waals surface area contributed by atoms with Crippen LogP contribution in [0, 0.1) is 23.7 Å². The topological polar surface area (TPSA) is 40.6 Å². The molecule has 24 heavy (non-hydrogen) atoms. The Morgan fingerprint density at radius 2 is 2.04 bits per heavy atom. The summed E-state index contributed by atoms with van der Waals surface area (Å²) in [5.41, 5.74) is 0. The predicted molar refractivity (Wildman–Crippen MR) is 93.2 cm³/mol. The van der Waals surface area contributed by atoms with Gasteiger partial charge < -0.3 is 9.80 Å². The first-order chi connectivity index (χ1) is 11.5. The standard InChI is InChI=1S/C20H32N2O2/c1-13(2)22-12-17(11-19(22)23)20(24)21-7-3-4-18(21)10-16-9-14-5-6-15(16)8-14/h13-18H,3-12H2,1-2H3/t14-,15-,16-,17+,18-/m0/s1. The van der Waals surface area contributed by atoms with Crippen LogP contribution < -0.4 is 0 Å². The van der Waals surface area contributed by atoms with Gasteiger partial charge in [0.2, 0.25) is 11.8 Å². The maximum atomic E-state index is 13.1. The summed E-state index contributed by atoms with van der Waals surface area (Å²) in [5.74, 6) is 3.11. The van der Waals surface area contributed by atoms with Gasteiger partial charge in [-0.15, -0.1) is 0 Å². The summed E-state index contributed by atoms with van der Waals surface area (Å²) in [7, 11) is 0. The Morgan fingerprint density at radius 1 is 1.21 bits per heavy atom. The van der Waals surface area contributed by atoms with Crippen LogP contribution in [0.3, 0.4) is 0 Å². The predicted octanol–water partition coefficient (Wildman–Crippen LogP) is 3.06. The quantitative estimate of drug-likeness (QED) is 0.794. The van der Waals surface area contributed by atoms with Crippen LogP contribution in [0.4, 0.5) is 0 Å². The summed E-state index contributed by atoms with van der Waals surface area (Å²) in [4.78, 5) is 29.2. The lowest BCUT2D eigenvalue weighted by atomic mass is 9.83. The molecule has 2 bridgehead atoms. The Kier molecular flexibility index (Phi) is 4.34. The molecule has 0 unspecified atom stereocenters. The van der Waals surface area contributed by atoms with Crippen molar-refractivity contribution in [2.75, 3.05) is 13.1 Å². The van der Waals surface area contributed by atoms with E-state index in [4.69, 9.17) is 0 Å². The van der Waals surface area contributed by atoms with Gasteiger partial charge in [0.15, 0.2) is 0 Å². The second-order valence-corrected chi connectivity index (χ2v) is 9.04. The third kappa shape index (κ3) is 2.86. The molecule has 0 aromatic rings. The summed E-state index contributed by atoms with van der Waals surface area (Å²) in [6.45, 7) is 5.63. The minimum atomic E-state index is -0.0967. The number of likely N-dealkylation sites (tertiary alicyclic amines) is 2. The van der Waals surface area contributed by atoms with E-state index in [0.29, 0.717) is 19.0 Å². The first kappa shape index (κ1) is 16.4. The van der Waals surface area contributed by atoms with Crippen molar-refractivity contribution in [1.82, 2.24) is 9.80 Å². The molecule has 0 radical (unpaired) electrons. The van der Waals surface area contributed by atoms with Gasteiger partial charge in [0, 0.05) is 31.6 Å². The highest BCUT2D eigenvalue weighted by Gasteiger charge is 2.44. The number of carbonyl (C=O) groups is 2. The third-order valence-corrected chi connectivity index (χ3v) is 7.25. The number of rotatable bonds is 4. The Hall–Kier alpha value is -1.06. The number of amides is 2. The molecular weight excluding hydrogens is 300 g/mol. The molecule has 134 valence electrons. The van der Waals surface area contributed by atoms with Crippen molar-refractivity contribution in [3.05, 3.63) is 0 Å². The fourth-order valence-electron chi connectivity index (χ4n) is 6.02.